The van der Waals surface area contributed by atoms with Crippen molar-refractivity contribution >= 4 is 0 Å². The molecule has 0 aliphatic heterocycles. The van der Waals surface area contributed by atoms with Crippen LogP contribution >= 0.6 is 0 Å². The van der Waals surface area contributed by atoms with Crippen molar-refractivity contribution in [1.82, 2.24) is 0 Å². The second kappa shape index (κ2) is 10.6. The van der Waals surface area contributed by atoms with Crippen molar-refractivity contribution < 1.29 is 4.74 Å². The molecule has 0 heterocycles. The zero-order valence-corrected chi connectivity index (χ0v) is 15.1. The van der Waals surface area contributed by atoms with Crippen LogP contribution < -0.4 is 0 Å². The summed E-state index contributed by atoms with van der Waals surface area (Å²) >= 11 is 0. The number of rotatable bonds is 9. The van der Waals surface area contributed by atoms with E-state index < -0.39 is 0 Å². The normalized spacial score (nSPS) is 21.8. The molecule has 1 heteroatoms. The topological polar surface area (TPSA) is 9.23 Å². The fourth-order valence-corrected chi connectivity index (χ4v) is 3.50. The van der Waals surface area contributed by atoms with Gasteiger partial charge in [0.25, 0.3) is 0 Å². The van der Waals surface area contributed by atoms with E-state index in [-0.39, 0.29) is 0 Å². The van der Waals surface area contributed by atoms with Crippen LogP contribution in [0.25, 0.3) is 0 Å². The quantitative estimate of drug-likeness (QED) is 0.367. The summed E-state index contributed by atoms with van der Waals surface area (Å²) < 4.78 is 5.75. The van der Waals surface area contributed by atoms with Crippen molar-refractivity contribution in [3.8, 4) is 0 Å². The van der Waals surface area contributed by atoms with Gasteiger partial charge in [-0.05, 0) is 61.5 Å². The van der Waals surface area contributed by atoms with E-state index in [1.165, 1.54) is 62.5 Å². The molecule has 0 atom stereocenters. The van der Waals surface area contributed by atoms with E-state index >= 15 is 0 Å². The minimum atomic E-state index is 0.762. The first-order chi connectivity index (χ1) is 11.3. The monoisotopic (exact) mass is 314 g/mol. The van der Waals surface area contributed by atoms with Crippen molar-refractivity contribution in [2.75, 3.05) is 6.61 Å². The lowest BCUT2D eigenvalue weighted by Crippen LogP contribution is -2.11. The Morgan fingerprint density at radius 3 is 2.39 bits per heavy atom. The second-order valence-corrected chi connectivity index (χ2v) is 6.95. The summed E-state index contributed by atoms with van der Waals surface area (Å²) in [6.07, 6.45) is 15.0. The Bertz CT molecular complexity index is 438. The summed E-state index contributed by atoms with van der Waals surface area (Å²) in [5.41, 5.74) is 2.84. The highest BCUT2D eigenvalue weighted by atomic mass is 16.5. The van der Waals surface area contributed by atoms with E-state index in [9.17, 15) is 0 Å². The van der Waals surface area contributed by atoms with E-state index in [0.717, 1.165) is 25.0 Å². The van der Waals surface area contributed by atoms with E-state index in [4.69, 9.17) is 4.74 Å². The lowest BCUT2D eigenvalue weighted by atomic mass is 9.78. The Labute approximate surface area is 143 Å². The van der Waals surface area contributed by atoms with Crippen LogP contribution in [-0.2, 0) is 11.3 Å². The van der Waals surface area contributed by atoms with Gasteiger partial charge >= 0.3 is 0 Å². The second-order valence-electron chi connectivity index (χ2n) is 6.95. The predicted molar refractivity (Wildman–Crippen MR) is 99.8 cm³/mol. The molecule has 0 N–H and O–H groups in total. The minimum absolute atomic E-state index is 0.762. The van der Waals surface area contributed by atoms with Crippen molar-refractivity contribution in [1.29, 1.82) is 0 Å². The lowest BCUT2D eigenvalue weighted by Gasteiger charge is -2.27. The third-order valence-electron chi connectivity index (χ3n) is 5.03. The third kappa shape index (κ3) is 6.51. The van der Waals surface area contributed by atoms with Gasteiger partial charge in [0.15, 0.2) is 0 Å². The number of unbranched alkanes of at least 4 members (excludes halogenated alkanes) is 2. The highest BCUT2D eigenvalue weighted by Crippen LogP contribution is 2.36. The van der Waals surface area contributed by atoms with Crippen LogP contribution in [0.1, 0.15) is 82.3 Å². The molecule has 0 aromatic heterocycles. The van der Waals surface area contributed by atoms with Gasteiger partial charge in [0.1, 0.15) is 0 Å². The molecule has 1 aliphatic rings. The van der Waals surface area contributed by atoms with Crippen LogP contribution in [0.4, 0.5) is 0 Å². The maximum Gasteiger partial charge on any atom is 0.0716 e. The molecule has 128 valence electrons. The summed E-state index contributed by atoms with van der Waals surface area (Å²) in [5, 5.41) is 0. The number of hydrogen-bond donors (Lipinski definition) is 0. The Morgan fingerprint density at radius 1 is 1.00 bits per heavy atom. The van der Waals surface area contributed by atoms with E-state index in [2.05, 4.69) is 50.3 Å². The SMILES string of the molecule is CC/C=C/[C@H]1CC[C@H](c2ccc(COCCCCC)cc2)CC1. The van der Waals surface area contributed by atoms with Gasteiger partial charge in [-0.25, -0.2) is 0 Å². The number of benzene rings is 1. The smallest absolute Gasteiger partial charge is 0.0716 e. The van der Waals surface area contributed by atoms with Crippen LogP contribution in [0, 0.1) is 5.92 Å². The van der Waals surface area contributed by atoms with Gasteiger partial charge < -0.3 is 4.74 Å². The van der Waals surface area contributed by atoms with E-state index in [1.807, 2.05) is 0 Å². The van der Waals surface area contributed by atoms with Crippen LogP contribution in [0.2, 0.25) is 0 Å². The van der Waals surface area contributed by atoms with Crippen LogP contribution in [0.3, 0.4) is 0 Å². The molecular formula is C22H34O. The zero-order chi connectivity index (χ0) is 16.3. The van der Waals surface area contributed by atoms with E-state index in [0.29, 0.717) is 0 Å². The molecule has 1 saturated carbocycles. The standard InChI is InChI=1S/C22H34O/c1-3-5-7-17-23-18-20-11-15-22(16-12-20)21-13-9-19(10-14-21)8-6-4-2/h6,8,11-12,15-16,19,21H,3-5,7,9-10,13-14,17-18H2,1-2H3/b8-6+/t19-,21-. The zero-order valence-electron chi connectivity index (χ0n) is 15.1. The summed E-state index contributed by atoms with van der Waals surface area (Å²) in [4.78, 5) is 0. The lowest BCUT2D eigenvalue weighted by molar-refractivity contribution is 0.117. The number of allylic oxidation sites excluding steroid dienone is 2. The fourth-order valence-electron chi connectivity index (χ4n) is 3.50. The molecular weight excluding hydrogens is 280 g/mol. The maximum absolute atomic E-state index is 5.75. The Balaban J connectivity index is 1.73. The van der Waals surface area contributed by atoms with Gasteiger partial charge in [-0.1, -0.05) is 63.1 Å². The molecule has 1 aromatic rings. The average Bonchev–Trinajstić information content (AvgIpc) is 2.61. The Hall–Kier alpha value is -1.08. The van der Waals surface area contributed by atoms with Crippen molar-refractivity contribution in [2.24, 2.45) is 5.92 Å². The van der Waals surface area contributed by atoms with Gasteiger partial charge in [-0.15, -0.1) is 0 Å². The summed E-state index contributed by atoms with van der Waals surface area (Å²) in [6, 6.07) is 9.19. The summed E-state index contributed by atoms with van der Waals surface area (Å²) in [6.45, 7) is 6.10. The maximum atomic E-state index is 5.75. The van der Waals surface area contributed by atoms with Crippen LogP contribution in [0.15, 0.2) is 36.4 Å². The molecule has 1 fully saturated rings. The summed E-state index contributed by atoms with van der Waals surface area (Å²) in [7, 11) is 0. The van der Waals surface area contributed by atoms with E-state index in [1.54, 1.807) is 0 Å². The molecule has 0 spiro atoms. The molecule has 1 aromatic carbocycles. The first-order valence-electron chi connectivity index (χ1n) is 9.66. The number of hydrogen-bond acceptors (Lipinski definition) is 1. The largest absolute Gasteiger partial charge is 0.377 e. The Kier molecular flexibility index (Phi) is 8.46. The highest BCUT2D eigenvalue weighted by Gasteiger charge is 2.20. The molecule has 0 amide bonds. The van der Waals surface area contributed by atoms with Crippen LogP contribution in [0.5, 0.6) is 0 Å². The molecule has 0 radical (unpaired) electrons. The van der Waals surface area contributed by atoms with Gasteiger partial charge in [-0.2, -0.15) is 0 Å². The van der Waals surface area contributed by atoms with Crippen molar-refractivity contribution in [2.45, 2.75) is 77.7 Å². The minimum Gasteiger partial charge on any atom is -0.377 e. The van der Waals surface area contributed by atoms with Crippen molar-refractivity contribution in [3.05, 3.63) is 47.5 Å². The van der Waals surface area contributed by atoms with Gasteiger partial charge in [0, 0.05) is 6.61 Å². The molecule has 0 bridgehead atoms. The Morgan fingerprint density at radius 2 is 1.74 bits per heavy atom. The molecule has 1 aliphatic carbocycles. The molecule has 1 nitrogen and oxygen atoms in total. The molecule has 0 unspecified atom stereocenters. The highest BCUT2D eigenvalue weighted by molar-refractivity contribution is 5.25. The number of ether oxygens (including phenoxy) is 1. The van der Waals surface area contributed by atoms with Gasteiger partial charge in [-0.3, -0.25) is 0 Å². The van der Waals surface area contributed by atoms with Gasteiger partial charge in [0.2, 0.25) is 0 Å². The summed E-state index contributed by atoms with van der Waals surface area (Å²) in [5.74, 6) is 1.59. The first kappa shape index (κ1) is 18.3. The fraction of sp³-hybridized carbons (Fsp3) is 0.636. The third-order valence-corrected chi connectivity index (χ3v) is 5.03. The average molecular weight is 315 g/mol. The first-order valence-corrected chi connectivity index (χ1v) is 9.66. The molecule has 0 saturated heterocycles. The molecule has 23 heavy (non-hydrogen) atoms. The molecule has 2 rings (SSSR count). The predicted octanol–water partition coefficient (Wildman–Crippen LogP) is 6.63. The van der Waals surface area contributed by atoms with Crippen molar-refractivity contribution in [3.63, 3.8) is 0 Å². The van der Waals surface area contributed by atoms with Gasteiger partial charge in [0.05, 0.1) is 6.61 Å². The van der Waals surface area contributed by atoms with Crippen LogP contribution in [-0.4, -0.2) is 6.61 Å².